The normalized spacial score (nSPS) is 14.4. The Hall–Kier alpha value is -2.76. The van der Waals surface area contributed by atoms with E-state index in [1.165, 1.54) is 0 Å². The highest BCUT2D eigenvalue weighted by Crippen LogP contribution is 2.40. The molecule has 0 spiro atoms. The molecule has 3 aromatic rings. The first-order chi connectivity index (χ1) is 10.6. The van der Waals surface area contributed by atoms with Crippen LogP contribution in [0.15, 0.2) is 30.5 Å². The number of nitro groups is 1. The molecule has 2 aromatic heterocycles. The van der Waals surface area contributed by atoms with E-state index in [1.807, 2.05) is 19.1 Å². The van der Waals surface area contributed by atoms with Crippen molar-refractivity contribution < 1.29 is 4.92 Å². The lowest BCUT2D eigenvalue weighted by atomic mass is 10.0. The molecule has 1 fully saturated rings. The summed E-state index contributed by atoms with van der Waals surface area (Å²) in [4.78, 5) is 23.0. The van der Waals surface area contributed by atoms with Crippen molar-refractivity contribution >= 4 is 16.7 Å². The summed E-state index contributed by atoms with van der Waals surface area (Å²) < 4.78 is 0. The number of imidazole rings is 1. The van der Waals surface area contributed by atoms with Crippen molar-refractivity contribution in [2.45, 2.75) is 25.7 Å². The van der Waals surface area contributed by atoms with Crippen molar-refractivity contribution in [3.05, 3.63) is 52.1 Å². The van der Waals surface area contributed by atoms with Gasteiger partial charge >= 0.3 is 0 Å². The van der Waals surface area contributed by atoms with Gasteiger partial charge in [-0.1, -0.05) is 0 Å². The zero-order valence-electron chi connectivity index (χ0n) is 12.0. The van der Waals surface area contributed by atoms with Crippen molar-refractivity contribution in [3.63, 3.8) is 0 Å². The minimum absolute atomic E-state index is 0.0759. The molecule has 1 aliphatic rings. The Morgan fingerprint density at radius 1 is 1.32 bits per heavy atom. The summed E-state index contributed by atoms with van der Waals surface area (Å²) in [5, 5.41) is 11.4. The second kappa shape index (κ2) is 4.62. The van der Waals surface area contributed by atoms with Crippen molar-refractivity contribution in [1.82, 2.24) is 15.0 Å². The molecule has 1 saturated carbocycles. The molecular weight excluding hydrogens is 280 g/mol. The largest absolute Gasteiger partial charge is 0.342 e. The number of aromatic nitrogens is 3. The molecular formula is C16H14N4O2. The molecule has 6 heteroatoms. The Morgan fingerprint density at radius 3 is 2.82 bits per heavy atom. The van der Waals surface area contributed by atoms with Crippen molar-refractivity contribution in [1.29, 1.82) is 0 Å². The van der Waals surface area contributed by atoms with Crippen LogP contribution in [0.25, 0.3) is 22.2 Å². The number of fused-ring (bicyclic) bond motifs is 1. The summed E-state index contributed by atoms with van der Waals surface area (Å²) in [5.74, 6) is 1.42. The summed E-state index contributed by atoms with van der Waals surface area (Å²) >= 11 is 0. The maximum atomic E-state index is 11.4. The molecule has 1 aromatic carbocycles. The van der Waals surface area contributed by atoms with Crippen molar-refractivity contribution in [2.24, 2.45) is 0 Å². The second-order valence-corrected chi connectivity index (χ2v) is 5.73. The molecule has 1 aliphatic carbocycles. The van der Waals surface area contributed by atoms with Crippen LogP contribution in [0.3, 0.4) is 0 Å². The summed E-state index contributed by atoms with van der Waals surface area (Å²) in [6, 6.07) is 7.02. The van der Waals surface area contributed by atoms with Crippen LogP contribution in [-0.4, -0.2) is 19.9 Å². The van der Waals surface area contributed by atoms with Crippen LogP contribution in [0.1, 0.15) is 30.3 Å². The lowest BCUT2D eigenvalue weighted by Crippen LogP contribution is -1.93. The third-order valence-electron chi connectivity index (χ3n) is 3.99. The number of benzene rings is 1. The number of aromatic amines is 1. The predicted molar refractivity (Wildman–Crippen MR) is 82.7 cm³/mol. The minimum atomic E-state index is -0.351. The van der Waals surface area contributed by atoms with Crippen LogP contribution < -0.4 is 0 Å². The number of hydrogen-bond donors (Lipinski definition) is 1. The highest BCUT2D eigenvalue weighted by molar-refractivity contribution is 5.88. The number of pyridine rings is 1. The van der Waals surface area contributed by atoms with Crippen molar-refractivity contribution in [2.75, 3.05) is 0 Å². The van der Waals surface area contributed by atoms with E-state index in [0.29, 0.717) is 17.0 Å². The van der Waals surface area contributed by atoms with E-state index < -0.39 is 0 Å². The molecule has 0 saturated heterocycles. The van der Waals surface area contributed by atoms with Gasteiger partial charge in [-0.05, 0) is 43.5 Å². The lowest BCUT2D eigenvalue weighted by molar-refractivity contribution is -0.384. The standard InChI is InChI=1S/C16H14N4O2/c1-9-6-11(4-5-17-9)12-7-13-14(8-15(12)20(21)22)19-16(18-13)10-2-3-10/h4-8,10H,2-3H2,1H3,(H,18,19). The highest BCUT2D eigenvalue weighted by Gasteiger charge is 2.27. The van der Waals surface area contributed by atoms with E-state index in [0.717, 1.165) is 35.4 Å². The van der Waals surface area contributed by atoms with Crippen LogP contribution in [0.2, 0.25) is 0 Å². The van der Waals surface area contributed by atoms with E-state index in [2.05, 4.69) is 15.0 Å². The quantitative estimate of drug-likeness (QED) is 0.589. The van der Waals surface area contributed by atoms with Gasteiger partial charge in [0, 0.05) is 23.9 Å². The fourth-order valence-corrected chi connectivity index (χ4v) is 2.71. The first-order valence-corrected chi connectivity index (χ1v) is 7.23. The van der Waals surface area contributed by atoms with Crippen LogP contribution >= 0.6 is 0 Å². The number of nitro benzene ring substituents is 1. The smallest absolute Gasteiger partial charge is 0.279 e. The Bertz CT molecular complexity index is 896. The highest BCUT2D eigenvalue weighted by atomic mass is 16.6. The van der Waals surface area contributed by atoms with Gasteiger partial charge in [0.05, 0.1) is 21.5 Å². The number of aryl methyl sites for hydroxylation is 1. The Morgan fingerprint density at radius 2 is 2.14 bits per heavy atom. The summed E-state index contributed by atoms with van der Waals surface area (Å²) in [6.45, 7) is 1.87. The van der Waals surface area contributed by atoms with Gasteiger partial charge in [-0.3, -0.25) is 15.1 Å². The average Bonchev–Trinajstić information content (AvgIpc) is 3.25. The van der Waals surface area contributed by atoms with Crippen LogP contribution in [-0.2, 0) is 0 Å². The summed E-state index contributed by atoms with van der Waals surface area (Å²) in [5.41, 5.74) is 3.79. The lowest BCUT2D eigenvalue weighted by Gasteiger charge is -2.04. The first-order valence-electron chi connectivity index (χ1n) is 7.23. The second-order valence-electron chi connectivity index (χ2n) is 5.73. The van der Waals surface area contributed by atoms with Gasteiger partial charge < -0.3 is 4.98 Å². The summed E-state index contributed by atoms with van der Waals surface area (Å²) in [6.07, 6.45) is 3.94. The number of hydrogen-bond acceptors (Lipinski definition) is 4. The zero-order valence-corrected chi connectivity index (χ0v) is 12.0. The zero-order chi connectivity index (χ0) is 15.3. The monoisotopic (exact) mass is 294 g/mol. The first kappa shape index (κ1) is 12.9. The fourth-order valence-electron chi connectivity index (χ4n) is 2.71. The van der Waals surface area contributed by atoms with Gasteiger partial charge in [0.1, 0.15) is 5.82 Å². The topological polar surface area (TPSA) is 84.7 Å². The third-order valence-corrected chi connectivity index (χ3v) is 3.99. The van der Waals surface area contributed by atoms with Gasteiger partial charge in [0.2, 0.25) is 0 Å². The van der Waals surface area contributed by atoms with Gasteiger partial charge in [0.25, 0.3) is 5.69 Å². The Balaban J connectivity index is 1.94. The molecule has 0 amide bonds. The predicted octanol–water partition coefficient (Wildman–Crippen LogP) is 3.72. The van der Waals surface area contributed by atoms with Gasteiger partial charge in [-0.15, -0.1) is 0 Å². The molecule has 22 heavy (non-hydrogen) atoms. The molecule has 0 atom stereocenters. The molecule has 4 rings (SSSR count). The minimum Gasteiger partial charge on any atom is -0.342 e. The third kappa shape index (κ3) is 2.13. The number of nitrogens with one attached hydrogen (secondary N) is 1. The van der Waals surface area contributed by atoms with Crippen LogP contribution in [0.5, 0.6) is 0 Å². The molecule has 2 heterocycles. The molecule has 0 bridgehead atoms. The maximum absolute atomic E-state index is 11.4. The number of rotatable bonds is 3. The van der Waals surface area contributed by atoms with Gasteiger partial charge in [-0.25, -0.2) is 4.98 Å². The van der Waals surface area contributed by atoms with Crippen LogP contribution in [0.4, 0.5) is 5.69 Å². The summed E-state index contributed by atoms with van der Waals surface area (Å²) in [7, 11) is 0. The number of nitrogens with zero attached hydrogens (tertiary/aromatic N) is 3. The SMILES string of the molecule is Cc1cc(-c2cc3[nH]c(C4CC4)nc3cc2[N+](=O)[O-])ccn1. The Kier molecular flexibility index (Phi) is 2.72. The fraction of sp³-hybridized carbons (Fsp3) is 0.250. The average molecular weight is 294 g/mol. The number of H-pyrrole nitrogens is 1. The molecule has 1 N–H and O–H groups in total. The van der Waals surface area contributed by atoms with Gasteiger partial charge in [-0.2, -0.15) is 0 Å². The molecule has 0 unspecified atom stereocenters. The van der Waals surface area contributed by atoms with E-state index in [9.17, 15) is 10.1 Å². The molecule has 110 valence electrons. The molecule has 0 aliphatic heterocycles. The van der Waals surface area contributed by atoms with E-state index in [-0.39, 0.29) is 10.6 Å². The Labute approximate surface area is 126 Å². The van der Waals surface area contributed by atoms with Gasteiger partial charge in [0.15, 0.2) is 0 Å². The van der Waals surface area contributed by atoms with E-state index in [4.69, 9.17) is 0 Å². The molecule has 6 nitrogen and oxygen atoms in total. The van der Waals surface area contributed by atoms with Crippen LogP contribution in [0, 0.1) is 17.0 Å². The maximum Gasteiger partial charge on any atom is 0.279 e. The van der Waals surface area contributed by atoms with E-state index >= 15 is 0 Å². The molecule has 0 radical (unpaired) electrons. The van der Waals surface area contributed by atoms with Crippen molar-refractivity contribution in [3.8, 4) is 11.1 Å². The van der Waals surface area contributed by atoms with E-state index in [1.54, 1.807) is 18.3 Å².